The topological polar surface area (TPSA) is 87.7 Å². The molecular formula is C8H17N3O2S. The number of unbranched alkanes of at least 4 members (excludes halogenated alkanes) is 1. The van der Waals surface area contributed by atoms with Gasteiger partial charge in [0.2, 0.25) is 0 Å². The Hall–Kier alpha value is -0.750. The van der Waals surface area contributed by atoms with Gasteiger partial charge in [-0.1, -0.05) is 0 Å². The molecule has 0 spiro atoms. The molecule has 0 aliphatic heterocycles. The highest BCUT2D eigenvalue weighted by molar-refractivity contribution is 7.97. The van der Waals surface area contributed by atoms with Crippen LogP contribution < -0.4 is 11.1 Å². The van der Waals surface area contributed by atoms with Crippen LogP contribution in [0.5, 0.6) is 0 Å². The third kappa shape index (κ3) is 6.73. The van der Waals surface area contributed by atoms with Crippen molar-refractivity contribution in [2.24, 2.45) is 10.1 Å². The van der Waals surface area contributed by atoms with E-state index in [2.05, 4.69) is 9.71 Å². The average molecular weight is 219 g/mol. The first kappa shape index (κ1) is 13.2. The van der Waals surface area contributed by atoms with E-state index < -0.39 is 12.0 Å². The van der Waals surface area contributed by atoms with E-state index in [1.807, 2.05) is 6.26 Å². The Morgan fingerprint density at radius 1 is 1.71 bits per heavy atom. The molecule has 0 saturated carbocycles. The molecule has 0 heterocycles. The van der Waals surface area contributed by atoms with Crippen molar-refractivity contribution < 1.29 is 9.90 Å². The highest BCUT2D eigenvalue weighted by Gasteiger charge is 2.14. The summed E-state index contributed by atoms with van der Waals surface area (Å²) in [6.45, 7) is 0.602. The second kappa shape index (κ2) is 8.83. The van der Waals surface area contributed by atoms with Crippen LogP contribution in [0, 0.1) is 0 Å². The van der Waals surface area contributed by atoms with Gasteiger partial charge in [-0.2, -0.15) is 0 Å². The molecule has 4 N–H and O–H groups in total. The van der Waals surface area contributed by atoms with Crippen LogP contribution in [0.4, 0.5) is 0 Å². The number of hydrogen-bond donors (Lipinski definition) is 3. The van der Waals surface area contributed by atoms with E-state index in [1.54, 1.807) is 0 Å². The van der Waals surface area contributed by atoms with E-state index in [0.717, 1.165) is 12.8 Å². The normalized spacial score (nSPS) is 13.0. The van der Waals surface area contributed by atoms with Crippen LogP contribution in [0.1, 0.15) is 19.3 Å². The fraction of sp³-hybridized carbons (Fsp3) is 0.750. The van der Waals surface area contributed by atoms with Crippen LogP contribution in [0.15, 0.2) is 4.40 Å². The number of nitrogens with zero attached hydrogens (tertiary/aromatic N) is 1. The van der Waals surface area contributed by atoms with Crippen molar-refractivity contribution in [3.8, 4) is 0 Å². The molecule has 1 atom stereocenters. The van der Waals surface area contributed by atoms with Gasteiger partial charge in [-0.05, 0) is 37.8 Å². The van der Waals surface area contributed by atoms with Crippen molar-refractivity contribution in [2.45, 2.75) is 25.3 Å². The smallest absolute Gasteiger partial charge is 0.326 e. The Morgan fingerprint density at radius 3 is 2.93 bits per heavy atom. The summed E-state index contributed by atoms with van der Waals surface area (Å²) in [4.78, 5) is 10.7. The van der Waals surface area contributed by atoms with Gasteiger partial charge in [-0.15, -0.1) is 0 Å². The van der Waals surface area contributed by atoms with Crippen LogP contribution in [0.3, 0.4) is 0 Å². The summed E-state index contributed by atoms with van der Waals surface area (Å²) in [6.07, 6.45) is 5.47. The maximum absolute atomic E-state index is 10.7. The number of carboxylic acids is 1. The molecular weight excluding hydrogens is 202 g/mol. The lowest BCUT2D eigenvalue weighted by molar-refractivity contribution is -0.139. The standard InChI is InChI=1S/C8H17N3O2S/c1-14-11-6-10-7(8(12)13)4-2-3-5-9/h6-7H,2-5,9H2,1H3,(H,10,11)(H,12,13)/t7-/m1/s1. The molecule has 6 heteroatoms. The molecule has 82 valence electrons. The summed E-state index contributed by atoms with van der Waals surface area (Å²) in [5.41, 5.74) is 5.31. The minimum Gasteiger partial charge on any atom is -0.480 e. The van der Waals surface area contributed by atoms with Gasteiger partial charge in [0.05, 0.1) is 6.34 Å². The van der Waals surface area contributed by atoms with Crippen molar-refractivity contribution in [1.82, 2.24) is 5.32 Å². The predicted molar refractivity (Wildman–Crippen MR) is 59.5 cm³/mol. The van der Waals surface area contributed by atoms with Gasteiger partial charge in [-0.3, -0.25) is 0 Å². The second-order valence-corrected chi connectivity index (χ2v) is 3.33. The minimum absolute atomic E-state index is 0.558. The number of nitrogens with two attached hydrogens (primary N) is 1. The van der Waals surface area contributed by atoms with Gasteiger partial charge >= 0.3 is 5.97 Å². The Morgan fingerprint density at radius 2 is 2.43 bits per heavy atom. The zero-order valence-corrected chi connectivity index (χ0v) is 9.09. The van der Waals surface area contributed by atoms with Crippen molar-refractivity contribution >= 4 is 24.3 Å². The molecule has 0 aliphatic rings. The lowest BCUT2D eigenvalue weighted by Gasteiger charge is -2.10. The molecule has 0 amide bonds. The lowest BCUT2D eigenvalue weighted by atomic mass is 10.1. The quantitative estimate of drug-likeness (QED) is 0.239. The molecule has 0 aromatic carbocycles. The number of rotatable bonds is 8. The highest BCUT2D eigenvalue weighted by Crippen LogP contribution is 2.00. The van der Waals surface area contributed by atoms with Crippen molar-refractivity contribution in [2.75, 3.05) is 12.8 Å². The van der Waals surface area contributed by atoms with Crippen LogP contribution in [0.25, 0.3) is 0 Å². The summed E-state index contributed by atoms with van der Waals surface area (Å²) >= 11 is 1.28. The molecule has 0 rings (SSSR count). The molecule has 0 unspecified atom stereocenters. The molecule has 0 fully saturated rings. The summed E-state index contributed by atoms with van der Waals surface area (Å²) in [5, 5.41) is 11.5. The summed E-state index contributed by atoms with van der Waals surface area (Å²) in [6, 6.07) is -0.558. The largest absolute Gasteiger partial charge is 0.480 e. The summed E-state index contributed by atoms with van der Waals surface area (Å²) in [5.74, 6) is -0.852. The minimum atomic E-state index is -0.852. The molecule has 0 radical (unpaired) electrons. The van der Waals surface area contributed by atoms with Crippen LogP contribution >= 0.6 is 11.9 Å². The van der Waals surface area contributed by atoms with Crippen molar-refractivity contribution in [1.29, 1.82) is 0 Å². The Labute approximate surface area is 88.3 Å². The van der Waals surface area contributed by atoms with E-state index in [0.29, 0.717) is 13.0 Å². The van der Waals surface area contributed by atoms with Gasteiger partial charge in [0.1, 0.15) is 6.04 Å². The monoisotopic (exact) mass is 219 g/mol. The van der Waals surface area contributed by atoms with E-state index in [-0.39, 0.29) is 0 Å². The van der Waals surface area contributed by atoms with Crippen molar-refractivity contribution in [3.05, 3.63) is 0 Å². The Balaban J connectivity index is 3.78. The van der Waals surface area contributed by atoms with Crippen LogP contribution in [-0.2, 0) is 4.79 Å². The molecule has 0 saturated heterocycles. The van der Waals surface area contributed by atoms with E-state index >= 15 is 0 Å². The first-order valence-corrected chi connectivity index (χ1v) is 5.64. The van der Waals surface area contributed by atoms with E-state index in [9.17, 15) is 4.79 Å². The fourth-order valence-electron chi connectivity index (χ4n) is 0.944. The third-order valence-corrected chi connectivity index (χ3v) is 2.00. The Bertz CT molecular complexity index is 187. The predicted octanol–water partition coefficient (Wildman–Crippen LogP) is 0.464. The SMILES string of the molecule is CSN=CN[C@H](CCCCN)C(=O)O. The van der Waals surface area contributed by atoms with E-state index in [4.69, 9.17) is 10.8 Å². The summed E-state index contributed by atoms with van der Waals surface area (Å²) < 4.78 is 3.81. The van der Waals surface area contributed by atoms with E-state index in [1.165, 1.54) is 18.3 Å². The third-order valence-electron chi connectivity index (χ3n) is 1.68. The number of carboxylic acid groups (broad SMARTS) is 1. The van der Waals surface area contributed by atoms with Crippen molar-refractivity contribution in [3.63, 3.8) is 0 Å². The van der Waals surface area contributed by atoms with Gasteiger partial charge in [0.25, 0.3) is 0 Å². The lowest BCUT2D eigenvalue weighted by Crippen LogP contribution is -2.35. The molecule has 0 aromatic rings. The number of aliphatic carboxylic acids is 1. The van der Waals surface area contributed by atoms with Gasteiger partial charge in [0, 0.05) is 6.26 Å². The molecule has 5 nitrogen and oxygen atoms in total. The zero-order valence-electron chi connectivity index (χ0n) is 8.27. The fourth-order valence-corrected chi connectivity index (χ4v) is 1.11. The zero-order chi connectivity index (χ0) is 10.8. The maximum atomic E-state index is 10.7. The van der Waals surface area contributed by atoms with Gasteiger partial charge in [-0.25, -0.2) is 9.19 Å². The first-order valence-electron chi connectivity index (χ1n) is 4.46. The maximum Gasteiger partial charge on any atom is 0.326 e. The first-order chi connectivity index (χ1) is 6.72. The number of carbonyl (C=O) groups is 1. The average Bonchev–Trinajstić information content (AvgIpc) is 2.15. The van der Waals surface area contributed by atoms with Crippen LogP contribution in [-0.4, -0.2) is 36.3 Å². The van der Waals surface area contributed by atoms with Crippen LogP contribution in [0.2, 0.25) is 0 Å². The second-order valence-electron chi connectivity index (χ2n) is 2.76. The van der Waals surface area contributed by atoms with Gasteiger partial charge in [0.15, 0.2) is 0 Å². The molecule has 0 bridgehead atoms. The Kier molecular flexibility index (Phi) is 8.36. The number of hydrogen-bond acceptors (Lipinski definition) is 4. The van der Waals surface area contributed by atoms with Gasteiger partial charge < -0.3 is 16.2 Å². The molecule has 0 aliphatic carbocycles. The highest BCUT2D eigenvalue weighted by atomic mass is 32.2. The molecule has 14 heavy (non-hydrogen) atoms. The summed E-state index contributed by atoms with van der Waals surface area (Å²) in [7, 11) is 0. The molecule has 0 aromatic heterocycles. The number of nitrogens with one attached hydrogen (secondary N) is 1.